The summed E-state index contributed by atoms with van der Waals surface area (Å²) in [5, 5.41) is 0. The number of para-hydroxylation sites is 2. The maximum Gasteiger partial charge on any atom is 0.171 e. The second-order valence-electron chi connectivity index (χ2n) is 9.78. The molecule has 0 spiro atoms. The summed E-state index contributed by atoms with van der Waals surface area (Å²) >= 11 is 3.59. The lowest BCUT2D eigenvalue weighted by molar-refractivity contribution is 0.530. The maximum atomic E-state index is 4.84. The van der Waals surface area contributed by atoms with Crippen LogP contribution < -0.4 is 4.31 Å². The van der Waals surface area contributed by atoms with E-state index in [0.717, 1.165) is 16.4 Å². The van der Waals surface area contributed by atoms with Gasteiger partial charge in [0.2, 0.25) is 0 Å². The van der Waals surface area contributed by atoms with Crippen molar-refractivity contribution >= 4 is 39.2 Å². The van der Waals surface area contributed by atoms with Crippen molar-refractivity contribution in [1.82, 2.24) is 4.98 Å². The van der Waals surface area contributed by atoms with Crippen molar-refractivity contribution in [2.45, 2.75) is 114 Å². The molecule has 0 aliphatic carbocycles. The zero-order valence-corrected chi connectivity index (χ0v) is 23.6. The van der Waals surface area contributed by atoms with Crippen molar-refractivity contribution in [2.75, 3.05) is 10.8 Å². The molecule has 0 atom stereocenters. The standard InChI is InChI=1S/C31H46N2S2/c1-2-3-4-5-6-7-8-9-10-11-12-13-14-15-16-22-27-33(28-23-18-17-19-24-28)35-31-32-29-25-20-21-26-30(29)34-31/h17-21,23-26H,2-16,22,27H2,1H3. The van der Waals surface area contributed by atoms with E-state index < -0.39 is 0 Å². The van der Waals surface area contributed by atoms with Crippen molar-refractivity contribution in [3.63, 3.8) is 0 Å². The quantitative estimate of drug-likeness (QED) is 0.111. The molecular weight excluding hydrogens is 464 g/mol. The number of unbranched alkanes of at least 4 members (excludes halogenated alkanes) is 15. The Balaban J connectivity index is 1.24. The van der Waals surface area contributed by atoms with Crippen molar-refractivity contribution in [3.05, 3.63) is 54.6 Å². The Morgan fingerprint density at radius 2 is 1.14 bits per heavy atom. The van der Waals surface area contributed by atoms with E-state index in [2.05, 4.69) is 65.8 Å². The summed E-state index contributed by atoms with van der Waals surface area (Å²) < 4.78 is 4.83. The van der Waals surface area contributed by atoms with Gasteiger partial charge >= 0.3 is 0 Å². The van der Waals surface area contributed by atoms with Crippen molar-refractivity contribution in [2.24, 2.45) is 0 Å². The minimum Gasteiger partial charge on any atom is -0.310 e. The zero-order valence-electron chi connectivity index (χ0n) is 21.9. The van der Waals surface area contributed by atoms with Gasteiger partial charge in [-0.15, -0.1) is 11.3 Å². The minimum atomic E-state index is 1.07. The molecule has 0 bridgehead atoms. The van der Waals surface area contributed by atoms with Gasteiger partial charge in [0.05, 0.1) is 10.2 Å². The van der Waals surface area contributed by atoms with Gasteiger partial charge in [0.25, 0.3) is 0 Å². The lowest BCUT2D eigenvalue weighted by Gasteiger charge is -2.22. The van der Waals surface area contributed by atoms with E-state index in [4.69, 9.17) is 4.98 Å². The molecule has 0 fully saturated rings. The van der Waals surface area contributed by atoms with E-state index in [1.54, 1.807) is 23.3 Å². The number of anilines is 1. The highest BCUT2D eigenvalue weighted by Gasteiger charge is 2.12. The molecule has 0 saturated heterocycles. The number of aromatic nitrogens is 1. The van der Waals surface area contributed by atoms with Crippen LogP contribution in [0.1, 0.15) is 110 Å². The zero-order chi connectivity index (χ0) is 24.4. The summed E-state index contributed by atoms with van der Waals surface area (Å²) in [6.45, 7) is 3.37. The fraction of sp³-hybridized carbons (Fsp3) is 0.581. The molecule has 3 rings (SSSR count). The molecule has 0 unspecified atom stereocenters. The number of hydrogen-bond acceptors (Lipinski definition) is 4. The largest absolute Gasteiger partial charge is 0.310 e. The van der Waals surface area contributed by atoms with Gasteiger partial charge in [-0.05, 0) is 30.7 Å². The third-order valence-corrected chi connectivity index (χ3v) is 8.89. The molecule has 1 heterocycles. The highest BCUT2D eigenvalue weighted by atomic mass is 32.2. The van der Waals surface area contributed by atoms with Gasteiger partial charge in [0, 0.05) is 24.2 Å². The Morgan fingerprint density at radius 3 is 1.71 bits per heavy atom. The van der Waals surface area contributed by atoms with Crippen LogP contribution in [0.15, 0.2) is 58.9 Å². The lowest BCUT2D eigenvalue weighted by Crippen LogP contribution is -2.15. The molecule has 0 aliphatic rings. The molecule has 0 radical (unpaired) electrons. The van der Waals surface area contributed by atoms with E-state index in [9.17, 15) is 0 Å². The normalized spacial score (nSPS) is 11.3. The minimum absolute atomic E-state index is 1.07. The van der Waals surface area contributed by atoms with E-state index in [-0.39, 0.29) is 0 Å². The fourth-order valence-electron chi connectivity index (χ4n) is 4.61. The third kappa shape index (κ3) is 11.4. The van der Waals surface area contributed by atoms with Crippen molar-refractivity contribution in [3.8, 4) is 0 Å². The topological polar surface area (TPSA) is 16.1 Å². The van der Waals surface area contributed by atoms with Gasteiger partial charge in [0.1, 0.15) is 0 Å². The molecule has 0 aliphatic heterocycles. The van der Waals surface area contributed by atoms with Crippen LogP contribution in [0.2, 0.25) is 0 Å². The molecule has 192 valence electrons. The van der Waals surface area contributed by atoms with Crippen LogP contribution in [0.25, 0.3) is 10.2 Å². The average Bonchev–Trinajstić information content (AvgIpc) is 3.31. The summed E-state index contributed by atoms with van der Waals surface area (Å²) in [7, 11) is 0. The van der Waals surface area contributed by atoms with Gasteiger partial charge < -0.3 is 4.31 Å². The monoisotopic (exact) mass is 510 g/mol. The molecule has 3 aromatic rings. The summed E-state index contributed by atoms with van der Waals surface area (Å²) in [6, 6.07) is 19.2. The van der Waals surface area contributed by atoms with Crippen molar-refractivity contribution in [1.29, 1.82) is 0 Å². The summed E-state index contributed by atoms with van der Waals surface area (Å²) in [6.07, 6.45) is 22.6. The Morgan fingerprint density at radius 1 is 0.629 bits per heavy atom. The summed E-state index contributed by atoms with van der Waals surface area (Å²) in [5.74, 6) is 0. The van der Waals surface area contributed by atoms with Gasteiger partial charge in [-0.1, -0.05) is 134 Å². The van der Waals surface area contributed by atoms with E-state index in [0.29, 0.717) is 0 Å². The van der Waals surface area contributed by atoms with E-state index >= 15 is 0 Å². The molecule has 1 aromatic heterocycles. The van der Waals surface area contributed by atoms with Gasteiger partial charge in [0.15, 0.2) is 4.34 Å². The Kier molecular flexibility index (Phi) is 14.3. The fourth-order valence-corrected chi connectivity index (χ4v) is 6.77. The SMILES string of the molecule is CCCCCCCCCCCCCCCCCCN(Sc1nc2ccccc2s1)c1ccccc1. The highest BCUT2D eigenvalue weighted by molar-refractivity contribution is 8.02. The first-order valence-electron chi connectivity index (χ1n) is 14.2. The number of fused-ring (bicyclic) bond motifs is 1. The number of thiazole rings is 1. The molecule has 0 amide bonds. The Hall–Kier alpha value is -1.52. The molecule has 4 heteroatoms. The first-order chi connectivity index (χ1) is 17.4. The second kappa shape index (κ2) is 17.8. The molecule has 0 N–H and O–H groups in total. The first kappa shape index (κ1) is 28.1. The molecular formula is C31H46N2S2. The Bertz CT molecular complexity index is 876. The lowest BCUT2D eigenvalue weighted by atomic mass is 10.0. The third-order valence-electron chi connectivity index (χ3n) is 6.72. The molecule has 2 aromatic carbocycles. The van der Waals surface area contributed by atoms with E-state index in [1.165, 1.54) is 113 Å². The maximum absolute atomic E-state index is 4.84. The van der Waals surface area contributed by atoms with Crippen LogP contribution in [-0.4, -0.2) is 11.5 Å². The van der Waals surface area contributed by atoms with Crippen LogP contribution in [-0.2, 0) is 0 Å². The number of nitrogens with zero attached hydrogens (tertiary/aromatic N) is 2. The van der Waals surface area contributed by atoms with Crippen LogP contribution in [0.4, 0.5) is 5.69 Å². The van der Waals surface area contributed by atoms with E-state index in [1.807, 2.05) is 0 Å². The van der Waals surface area contributed by atoms with Gasteiger partial charge in [-0.2, -0.15) is 0 Å². The number of hydrogen-bond donors (Lipinski definition) is 0. The van der Waals surface area contributed by atoms with Crippen LogP contribution >= 0.6 is 23.3 Å². The van der Waals surface area contributed by atoms with Crippen LogP contribution in [0.3, 0.4) is 0 Å². The summed E-state index contributed by atoms with van der Waals surface area (Å²) in [4.78, 5) is 4.84. The summed E-state index contributed by atoms with van der Waals surface area (Å²) in [5.41, 5.74) is 2.38. The second-order valence-corrected chi connectivity index (χ2v) is 12.1. The van der Waals surface area contributed by atoms with Crippen molar-refractivity contribution < 1.29 is 0 Å². The Labute approximate surface area is 223 Å². The number of benzene rings is 2. The number of rotatable bonds is 20. The smallest absolute Gasteiger partial charge is 0.171 e. The average molecular weight is 511 g/mol. The van der Waals surface area contributed by atoms with Crippen LogP contribution in [0.5, 0.6) is 0 Å². The predicted molar refractivity (Wildman–Crippen MR) is 159 cm³/mol. The van der Waals surface area contributed by atoms with Crippen LogP contribution in [0, 0.1) is 0 Å². The molecule has 0 saturated carbocycles. The molecule has 2 nitrogen and oxygen atoms in total. The highest BCUT2D eigenvalue weighted by Crippen LogP contribution is 2.34. The molecule has 35 heavy (non-hydrogen) atoms. The predicted octanol–water partition coefficient (Wildman–Crippen LogP) is 11.1. The first-order valence-corrected chi connectivity index (χ1v) is 15.8. The van der Waals surface area contributed by atoms with Gasteiger partial charge in [-0.3, -0.25) is 0 Å². The van der Waals surface area contributed by atoms with Gasteiger partial charge in [-0.25, -0.2) is 4.98 Å².